The molecule has 1 saturated heterocycles. The van der Waals surface area contributed by atoms with E-state index in [2.05, 4.69) is 39.8 Å². The van der Waals surface area contributed by atoms with Crippen LogP contribution < -0.4 is 5.32 Å². The van der Waals surface area contributed by atoms with E-state index in [0.717, 1.165) is 5.69 Å². The molecule has 1 aromatic heterocycles. The molecule has 1 aliphatic rings. The van der Waals surface area contributed by atoms with Gasteiger partial charge in [-0.1, -0.05) is 12.1 Å². The molecule has 0 aliphatic carbocycles. The van der Waals surface area contributed by atoms with Gasteiger partial charge in [0.1, 0.15) is 0 Å². The number of hydrogen-bond acceptors (Lipinski definition) is 3. The van der Waals surface area contributed by atoms with Gasteiger partial charge in [0.25, 0.3) is 0 Å². The van der Waals surface area contributed by atoms with Crippen LogP contribution in [0.1, 0.15) is 12.8 Å². The first-order chi connectivity index (χ1) is 8.92. The first kappa shape index (κ1) is 11.7. The zero-order valence-corrected chi connectivity index (χ0v) is 11.0. The Balaban J connectivity index is 1.67. The van der Waals surface area contributed by atoms with Gasteiger partial charge in [0.15, 0.2) is 0 Å². The third-order valence-electron chi connectivity index (χ3n) is 3.23. The van der Waals surface area contributed by atoms with E-state index in [1.807, 2.05) is 17.8 Å². The molecule has 2 aromatic rings. The van der Waals surface area contributed by atoms with Gasteiger partial charge in [0, 0.05) is 23.7 Å². The second kappa shape index (κ2) is 5.48. The number of nitrogens with zero attached hydrogens (tertiary/aromatic N) is 1. The van der Waals surface area contributed by atoms with Crippen LogP contribution in [0.25, 0.3) is 11.3 Å². The highest BCUT2D eigenvalue weighted by atomic mass is 32.2. The summed E-state index contributed by atoms with van der Waals surface area (Å²) >= 11 is 2.05. The highest BCUT2D eigenvalue weighted by Crippen LogP contribution is 2.23. The number of rotatable bonds is 3. The SMILES string of the molecule is c1cc(-c2ccc(NC3CCCSC3)cc2)[nH]n1. The molecular formula is C14H17N3S. The molecule has 3 nitrogen and oxygen atoms in total. The lowest BCUT2D eigenvalue weighted by atomic mass is 10.1. The molecule has 94 valence electrons. The van der Waals surface area contributed by atoms with Crippen molar-refractivity contribution in [3.8, 4) is 11.3 Å². The molecule has 1 fully saturated rings. The highest BCUT2D eigenvalue weighted by molar-refractivity contribution is 7.99. The van der Waals surface area contributed by atoms with Crippen molar-refractivity contribution >= 4 is 17.4 Å². The normalized spacial score (nSPS) is 19.7. The number of hydrogen-bond donors (Lipinski definition) is 2. The Bertz CT molecular complexity index is 472. The Hall–Kier alpha value is -1.42. The summed E-state index contributed by atoms with van der Waals surface area (Å²) in [6.45, 7) is 0. The van der Waals surface area contributed by atoms with Gasteiger partial charge >= 0.3 is 0 Å². The molecule has 3 rings (SSSR count). The van der Waals surface area contributed by atoms with Crippen molar-refractivity contribution in [3.63, 3.8) is 0 Å². The van der Waals surface area contributed by atoms with Gasteiger partial charge in [-0.25, -0.2) is 0 Å². The summed E-state index contributed by atoms with van der Waals surface area (Å²) in [6.07, 6.45) is 4.39. The Morgan fingerprint density at radius 1 is 1.22 bits per heavy atom. The van der Waals surface area contributed by atoms with Gasteiger partial charge in [0.05, 0.1) is 5.69 Å². The average Bonchev–Trinajstić information content (AvgIpc) is 2.95. The number of benzene rings is 1. The van der Waals surface area contributed by atoms with Gasteiger partial charge in [-0.2, -0.15) is 16.9 Å². The molecule has 0 saturated carbocycles. The monoisotopic (exact) mass is 259 g/mol. The van der Waals surface area contributed by atoms with Crippen molar-refractivity contribution in [3.05, 3.63) is 36.5 Å². The molecule has 2 heterocycles. The lowest BCUT2D eigenvalue weighted by Crippen LogP contribution is -2.25. The van der Waals surface area contributed by atoms with Gasteiger partial charge in [-0.15, -0.1) is 0 Å². The van der Waals surface area contributed by atoms with E-state index in [4.69, 9.17) is 0 Å². The maximum Gasteiger partial charge on any atom is 0.0650 e. The predicted octanol–water partition coefficient (Wildman–Crippen LogP) is 3.38. The first-order valence-corrected chi connectivity index (χ1v) is 7.51. The Morgan fingerprint density at radius 3 is 2.78 bits per heavy atom. The highest BCUT2D eigenvalue weighted by Gasteiger charge is 2.13. The van der Waals surface area contributed by atoms with E-state index in [-0.39, 0.29) is 0 Å². The first-order valence-electron chi connectivity index (χ1n) is 6.36. The van der Waals surface area contributed by atoms with Crippen LogP contribution in [0.2, 0.25) is 0 Å². The van der Waals surface area contributed by atoms with Gasteiger partial charge in [-0.3, -0.25) is 5.10 Å². The lowest BCUT2D eigenvalue weighted by molar-refractivity contribution is 0.685. The van der Waals surface area contributed by atoms with E-state index in [9.17, 15) is 0 Å². The molecule has 1 unspecified atom stereocenters. The number of aromatic amines is 1. The minimum Gasteiger partial charge on any atom is -0.381 e. The Labute approximate surface area is 111 Å². The van der Waals surface area contributed by atoms with Gasteiger partial charge in [-0.05, 0) is 42.4 Å². The quantitative estimate of drug-likeness (QED) is 0.887. The van der Waals surface area contributed by atoms with E-state index in [1.54, 1.807) is 6.20 Å². The fourth-order valence-corrected chi connectivity index (χ4v) is 3.32. The largest absolute Gasteiger partial charge is 0.381 e. The van der Waals surface area contributed by atoms with Crippen LogP contribution in [0.3, 0.4) is 0 Å². The molecule has 1 aliphatic heterocycles. The van der Waals surface area contributed by atoms with Crippen LogP contribution in [-0.2, 0) is 0 Å². The molecule has 4 heteroatoms. The van der Waals surface area contributed by atoms with Crippen molar-refractivity contribution in [2.24, 2.45) is 0 Å². The van der Waals surface area contributed by atoms with Crippen LogP contribution >= 0.6 is 11.8 Å². The van der Waals surface area contributed by atoms with E-state index < -0.39 is 0 Å². The van der Waals surface area contributed by atoms with E-state index in [0.29, 0.717) is 6.04 Å². The zero-order chi connectivity index (χ0) is 12.2. The molecule has 0 amide bonds. The predicted molar refractivity (Wildman–Crippen MR) is 78.0 cm³/mol. The lowest BCUT2D eigenvalue weighted by Gasteiger charge is -2.23. The molecule has 0 bridgehead atoms. The number of H-pyrrole nitrogens is 1. The third-order valence-corrected chi connectivity index (χ3v) is 4.44. The van der Waals surface area contributed by atoms with Crippen molar-refractivity contribution in [2.75, 3.05) is 16.8 Å². The van der Waals surface area contributed by atoms with Crippen LogP contribution in [0.15, 0.2) is 36.5 Å². The Morgan fingerprint density at radius 2 is 2.11 bits per heavy atom. The summed E-state index contributed by atoms with van der Waals surface area (Å²) in [6, 6.07) is 11.2. The summed E-state index contributed by atoms with van der Waals surface area (Å²) in [4.78, 5) is 0. The summed E-state index contributed by atoms with van der Waals surface area (Å²) in [5.41, 5.74) is 3.46. The van der Waals surface area contributed by atoms with Crippen molar-refractivity contribution in [2.45, 2.75) is 18.9 Å². The van der Waals surface area contributed by atoms with Crippen LogP contribution in [0.5, 0.6) is 0 Å². The zero-order valence-electron chi connectivity index (χ0n) is 10.2. The van der Waals surface area contributed by atoms with Crippen LogP contribution in [0, 0.1) is 0 Å². The van der Waals surface area contributed by atoms with E-state index >= 15 is 0 Å². The summed E-state index contributed by atoms with van der Waals surface area (Å²) in [5.74, 6) is 2.54. The molecule has 1 aromatic carbocycles. The molecule has 18 heavy (non-hydrogen) atoms. The fraction of sp³-hybridized carbons (Fsp3) is 0.357. The second-order valence-electron chi connectivity index (χ2n) is 4.61. The maximum absolute atomic E-state index is 3.97. The maximum atomic E-state index is 3.97. The third kappa shape index (κ3) is 2.70. The molecular weight excluding hydrogens is 242 g/mol. The summed E-state index contributed by atoms with van der Waals surface area (Å²) in [7, 11) is 0. The number of thioether (sulfide) groups is 1. The topological polar surface area (TPSA) is 40.7 Å². The molecule has 0 spiro atoms. The summed E-state index contributed by atoms with van der Waals surface area (Å²) in [5, 5.41) is 10.6. The number of nitrogens with one attached hydrogen (secondary N) is 2. The van der Waals surface area contributed by atoms with Gasteiger partial charge < -0.3 is 5.32 Å². The Kier molecular flexibility index (Phi) is 3.55. The summed E-state index contributed by atoms with van der Waals surface area (Å²) < 4.78 is 0. The molecule has 2 N–H and O–H groups in total. The minimum absolute atomic E-state index is 0.627. The van der Waals surface area contributed by atoms with E-state index in [1.165, 1.54) is 35.6 Å². The smallest absolute Gasteiger partial charge is 0.0650 e. The standard InChI is InChI=1S/C14H17N3S/c1-2-13(10-18-9-1)16-12-5-3-11(4-6-12)14-7-8-15-17-14/h3-8,13,16H,1-2,9-10H2,(H,15,17). The van der Waals surface area contributed by atoms with Crippen molar-refractivity contribution in [1.29, 1.82) is 0 Å². The molecule has 1 atom stereocenters. The van der Waals surface area contributed by atoms with Crippen LogP contribution in [0.4, 0.5) is 5.69 Å². The van der Waals surface area contributed by atoms with Crippen molar-refractivity contribution in [1.82, 2.24) is 10.2 Å². The van der Waals surface area contributed by atoms with Crippen LogP contribution in [-0.4, -0.2) is 27.7 Å². The molecule has 0 radical (unpaired) electrons. The van der Waals surface area contributed by atoms with Gasteiger partial charge in [0.2, 0.25) is 0 Å². The van der Waals surface area contributed by atoms with Crippen molar-refractivity contribution < 1.29 is 0 Å². The number of anilines is 1. The fourth-order valence-electron chi connectivity index (χ4n) is 2.25. The second-order valence-corrected chi connectivity index (χ2v) is 5.76. The number of aromatic nitrogens is 2. The average molecular weight is 259 g/mol. The minimum atomic E-state index is 0.627.